The highest BCUT2D eigenvalue weighted by Crippen LogP contribution is 2.35. The zero-order valence-corrected chi connectivity index (χ0v) is 17.9. The zero-order valence-electron chi connectivity index (χ0n) is 17.1. The summed E-state index contributed by atoms with van der Waals surface area (Å²) in [6.45, 7) is 10.7. The van der Waals surface area contributed by atoms with Gasteiger partial charge in [-0.3, -0.25) is 9.59 Å². The van der Waals surface area contributed by atoms with E-state index in [1.165, 1.54) is 5.56 Å². The lowest BCUT2D eigenvalue weighted by molar-refractivity contribution is -0.122. The lowest BCUT2D eigenvalue weighted by Gasteiger charge is -2.21. The van der Waals surface area contributed by atoms with Gasteiger partial charge in [-0.05, 0) is 54.2 Å². The van der Waals surface area contributed by atoms with E-state index in [0.717, 1.165) is 16.8 Å². The SMILES string of the molecule is Cc1cc(C)c(N2CC(C(=O)Nc3ccc(C(C)(C)C)cc3)CC2=O)c(Cl)c1. The Kier molecular flexibility index (Phi) is 5.53. The van der Waals surface area contributed by atoms with Crippen LogP contribution in [0.4, 0.5) is 11.4 Å². The highest BCUT2D eigenvalue weighted by atomic mass is 35.5. The molecule has 1 fully saturated rings. The molecule has 0 saturated carbocycles. The van der Waals surface area contributed by atoms with Gasteiger partial charge in [0.1, 0.15) is 0 Å². The number of aryl methyl sites for hydroxylation is 2. The number of hydrogen-bond donors (Lipinski definition) is 1. The third-order valence-electron chi connectivity index (χ3n) is 5.18. The summed E-state index contributed by atoms with van der Waals surface area (Å²) in [7, 11) is 0. The molecule has 1 N–H and O–H groups in total. The monoisotopic (exact) mass is 398 g/mol. The number of carbonyl (C=O) groups excluding carboxylic acids is 2. The standard InChI is InChI=1S/C23H27ClN2O2/c1-14-10-15(2)21(19(24)11-14)26-13-16(12-20(26)27)22(28)25-18-8-6-17(7-9-18)23(3,4)5/h6-11,16H,12-13H2,1-5H3,(H,25,28). The van der Waals surface area contributed by atoms with E-state index >= 15 is 0 Å². The van der Waals surface area contributed by atoms with Crippen LogP contribution >= 0.6 is 11.6 Å². The number of amides is 2. The van der Waals surface area contributed by atoms with Crippen molar-refractivity contribution in [2.45, 2.75) is 46.5 Å². The van der Waals surface area contributed by atoms with Crippen LogP contribution in [-0.4, -0.2) is 18.4 Å². The Labute approximate surface area is 171 Å². The van der Waals surface area contributed by atoms with E-state index in [-0.39, 0.29) is 23.7 Å². The molecule has 0 aliphatic carbocycles. The summed E-state index contributed by atoms with van der Waals surface area (Å²) in [5.74, 6) is -0.608. The van der Waals surface area contributed by atoms with Gasteiger partial charge in [0.05, 0.1) is 16.6 Å². The van der Waals surface area contributed by atoms with Crippen molar-refractivity contribution in [2.24, 2.45) is 5.92 Å². The molecule has 0 aromatic heterocycles. The van der Waals surface area contributed by atoms with E-state index in [4.69, 9.17) is 11.6 Å². The minimum atomic E-state index is -0.397. The Morgan fingerprint density at radius 3 is 2.36 bits per heavy atom. The Morgan fingerprint density at radius 1 is 1.14 bits per heavy atom. The highest BCUT2D eigenvalue weighted by molar-refractivity contribution is 6.34. The van der Waals surface area contributed by atoms with Crippen LogP contribution in [0.3, 0.4) is 0 Å². The molecule has 2 aromatic rings. The van der Waals surface area contributed by atoms with Gasteiger partial charge in [0.25, 0.3) is 0 Å². The number of hydrogen-bond acceptors (Lipinski definition) is 2. The largest absolute Gasteiger partial charge is 0.326 e. The molecule has 3 rings (SSSR count). The first kappa shape index (κ1) is 20.4. The molecular weight excluding hydrogens is 372 g/mol. The molecule has 148 valence electrons. The van der Waals surface area contributed by atoms with E-state index < -0.39 is 5.92 Å². The van der Waals surface area contributed by atoms with E-state index in [0.29, 0.717) is 17.3 Å². The molecule has 1 saturated heterocycles. The maximum atomic E-state index is 12.7. The smallest absolute Gasteiger partial charge is 0.229 e. The van der Waals surface area contributed by atoms with Crippen molar-refractivity contribution in [1.82, 2.24) is 0 Å². The van der Waals surface area contributed by atoms with Crippen LogP contribution in [0, 0.1) is 19.8 Å². The van der Waals surface area contributed by atoms with E-state index in [2.05, 4.69) is 26.1 Å². The molecule has 5 heteroatoms. The predicted molar refractivity (Wildman–Crippen MR) is 115 cm³/mol. The molecule has 0 spiro atoms. The molecule has 1 heterocycles. The summed E-state index contributed by atoms with van der Waals surface area (Å²) in [6, 6.07) is 11.7. The summed E-state index contributed by atoms with van der Waals surface area (Å²) in [4.78, 5) is 26.9. The van der Waals surface area contributed by atoms with Crippen molar-refractivity contribution >= 4 is 34.8 Å². The number of nitrogens with zero attached hydrogens (tertiary/aromatic N) is 1. The molecule has 0 radical (unpaired) electrons. The van der Waals surface area contributed by atoms with Crippen molar-refractivity contribution in [3.8, 4) is 0 Å². The van der Waals surface area contributed by atoms with Gasteiger partial charge in [-0.15, -0.1) is 0 Å². The fourth-order valence-electron chi connectivity index (χ4n) is 3.65. The summed E-state index contributed by atoms with van der Waals surface area (Å²) >= 11 is 6.39. The fraction of sp³-hybridized carbons (Fsp3) is 0.391. The molecule has 2 aromatic carbocycles. The molecular formula is C23H27ClN2O2. The van der Waals surface area contributed by atoms with Crippen LogP contribution in [0.2, 0.25) is 5.02 Å². The molecule has 1 aliphatic rings. The highest BCUT2D eigenvalue weighted by Gasteiger charge is 2.36. The summed E-state index contributed by atoms with van der Waals surface area (Å²) in [5.41, 5.74) is 4.71. The zero-order chi connectivity index (χ0) is 20.6. The quantitative estimate of drug-likeness (QED) is 0.767. The van der Waals surface area contributed by atoms with Crippen LogP contribution in [0.5, 0.6) is 0 Å². The second-order valence-corrected chi connectivity index (χ2v) is 9.04. The van der Waals surface area contributed by atoms with Crippen molar-refractivity contribution in [1.29, 1.82) is 0 Å². The first-order chi connectivity index (χ1) is 13.1. The number of benzene rings is 2. The normalized spacial score (nSPS) is 17.1. The van der Waals surface area contributed by atoms with Gasteiger partial charge < -0.3 is 10.2 Å². The number of anilines is 2. The van der Waals surface area contributed by atoms with Gasteiger partial charge in [0.2, 0.25) is 11.8 Å². The summed E-state index contributed by atoms with van der Waals surface area (Å²) < 4.78 is 0. The number of nitrogens with one attached hydrogen (secondary N) is 1. The lowest BCUT2D eigenvalue weighted by Crippen LogP contribution is -2.29. The molecule has 28 heavy (non-hydrogen) atoms. The first-order valence-corrected chi connectivity index (χ1v) is 9.92. The number of rotatable bonds is 3. The van der Waals surface area contributed by atoms with Crippen molar-refractivity contribution in [2.75, 3.05) is 16.8 Å². The summed E-state index contributed by atoms with van der Waals surface area (Å²) in [6.07, 6.45) is 0.190. The van der Waals surface area contributed by atoms with Gasteiger partial charge >= 0.3 is 0 Å². The average molecular weight is 399 g/mol. The Hall–Kier alpha value is -2.33. The van der Waals surface area contributed by atoms with E-state index in [9.17, 15) is 9.59 Å². The van der Waals surface area contributed by atoms with Gasteiger partial charge in [-0.25, -0.2) is 0 Å². The topological polar surface area (TPSA) is 49.4 Å². The van der Waals surface area contributed by atoms with Gasteiger partial charge in [0.15, 0.2) is 0 Å². The minimum Gasteiger partial charge on any atom is -0.326 e. The number of carbonyl (C=O) groups is 2. The molecule has 4 nitrogen and oxygen atoms in total. The maximum absolute atomic E-state index is 12.7. The molecule has 1 atom stereocenters. The molecule has 1 aliphatic heterocycles. The lowest BCUT2D eigenvalue weighted by atomic mass is 9.87. The third kappa shape index (κ3) is 4.22. The molecule has 0 bridgehead atoms. The second-order valence-electron chi connectivity index (χ2n) is 8.63. The van der Waals surface area contributed by atoms with Crippen LogP contribution in [-0.2, 0) is 15.0 Å². The van der Waals surface area contributed by atoms with E-state index in [1.54, 1.807) is 4.90 Å². The van der Waals surface area contributed by atoms with E-state index in [1.807, 2.05) is 50.2 Å². The Bertz CT molecular complexity index is 890. The molecule has 2 amide bonds. The fourth-order valence-corrected chi connectivity index (χ4v) is 4.07. The first-order valence-electron chi connectivity index (χ1n) is 9.55. The van der Waals surface area contributed by atoms with Crippen molar-refractivity contribution in [3.63, 3.8) is 0 Å². The van der Waals surface area contributed by atoms with Crippen molar-refractivity contribution in [3.05, 3.63) is 58.1 Å². The summed E-state index contributed by atoms with van der Waals surface area (Å²) in [5, 5.41) is 3.49. The Morgan fingerprint density at radius 2 is 1.79 bits per heavy atom. The minimum absolute atomic E-state index is 0.0616. The van der Waals surface area contributed by atoms with Crippen LogP contribution in [0.15, 0.2) is 36.4 Å². The third-order valence-corrected chi connectivity index (χ3v) is 5.47. The van der Waals surface area contributed by atoms with Crippen LogP contribution in [0.25, 0.3) is 0 Å². The van der Waals surface area contributed by atoms with Gasteiger partial charge in [-0.1, -0.05) is 50.6 Å². The average Bonchev–Trinajstić information content (AvgIpc) is 2.95. The maximum Gasteiger partial charge on any atom is 0.229 e. The van der Waals surface area contributed by atoms with Crippen LogP contribution < -0.4 is 10.2 Å². The predicted octanol–water partition coefficient (Wildman–Crippen LogP) is 5.25. The molecule has 1 unspecified atom stereocenters. The number of halogens is 1. The van der Waals surface area contributed by atoms with Gasteiger partial charge in [0, 0.05) is 18.7 Å². The van der Waals surface area contributed by atoms with Crippen LogP contribution in [0.1, 0.15) is 43.9 Å². The Balaban J connectivity index is 1.72. The van der Waals surface area contributed by atoms with Gasteiger partial charge in [-0.2, -0.15) is 0 Å². The second kappa shape index (κ2) is 7.59. The van der Waals surface area contributed by atoms with Crippen molar-refractivity contribution < 1.29 is 9.59 Å².